The Kier molecular flexibility index (Phi) is 4.21. The Morgan fingerprint density at radius 3 is 2.78 bits per heavy atom. The van der Waals surface area contributed by atoms with Gasteiger partial charge in [0, 0.05) is 29.2 Å². The number of piperazine rings is 1. The molecule has 0 aliphatic carbocycles. The molecule has 1 unspecified atom stereocenters. The summed E-state index contributed by atoms with van der Waals surface area (Å²) in [5.41, 5.74) is 0.591. The maximum absolute atomic E-state index is 13.0. The summed E-state index contributed by atoms with van der Waals surface area (Å²) in [5, 5.41) is 0. The third kappa shape index (κ3) is 2.83. The summed E-state index contributed by atoms with van der Waals surface area (Å²) in [7, 11) is 2.06. The minimum atomic E-state index is -0.303. The number of nitrogens with zero attached hydrogens (tertiary/aromatic N) is 2. The van der Waals surface area contributed by atoms with Crippen molar-refractivity contribution in [1.29, 1.82) is 0 Å². The lowest BCUT2D eigenvalue weighted by Gasteiger charge is -2.37. The molecule has 1 aromatic carbocycles. The van der Waals surface area contributed by atoms with Gasteiger partial charge in [0.25, 0.3) is 5.91 Å². The fourth-order valence-corrected chi connectivity index (χ4v) is 2.77. The van der Waals surface area contributed by atoms with E-state index in [9.17, 15) is 9.18 Å². The first-order valence-corrected chi connectivity index (χ1v) is 7.01. The second kappa shape index (κ2) is 5.52. The van der Waals surface area contributed by atoms with E-state index in [0.29, 0.717) is 15.2 Å². The van der Waals surface area contributed by atoms with Crippen LogP contribution in [-0.4, -0.2) is 48.4 Å². The van der Waals surface area contributed by atoms with Crippen LogP contribution < -0.4 is 0 Å². The molecule has 0 aromatic heterocycles. The summed E-state index contributed by atoms with van der Waals surface area (Å²) in [5.74, 6) is -0.304. The third-order valence-corrected chi connectivity index (χ3v) is 4.30. The summed E-state index contributed by atoms with van der Waals surface area (Å²) in [6, 6.07) is 4.67. The first-order chi connectivity index (χ1) is 8.49. The molecule has 98 valence electrons. The molecule has 1 aliphatic heterocycles. The van der Waals surface area contributed by atoms with Gasteiger partial charge in [-0.2, -0.15) is 0 Å². The average molecular weight is 362 g/mol. The predicted molar refractivity (Wildman–Crippen MR) is 77.1 cm³/mol. The molecule has 1 aliphatic rings. The molecule has 1 atom stereocenters. The highest BCUT2D eigenvalue weighted by molar-refractivity contribution is 14.1. The third-order valence-electron chi connectivity index (χ3n) is 3.41. The maximum atomic E-state index is 13.0. The molecule has 3 nitrogen and oxygen atoms in total. The van der Waals surface area contributed by atoms with Crippen molar-refractivity contribution in [1.82, 2.24) is 9.80 Å². The molecule has 1 aromatic rings. The molecule has 0 bridgehead atoms. The van der Waals surface area contributed by atoms with Gasteiger partial charge < -0.3 is 9.80 Å². The topological polar surface area (TPSA) is 23.6 Å². The van der Waals surface area contributed by atoms with E-state index in [1.807, 2.05) is 27.5 Å². The minimum absolute atomic E-state index is 0.000602. The number of rotatable bonds is 1. The Labute approximate surface area is 120 Å². The quantitative estimate of drug-likeness (QED) is 0.716. The van der Waals surface area contributed by atoms with Crippen LogP contribution in [0, 0.1) is 9.39 Å². The van der Waals surface area contributed by atoms with E-state index in [0.717, 1.165) is 19.6 Å². The highest BCUT2D eigenvalue weighted by Crippen LogP contribution is 2.18. The Morgan fingerprint density at radius 2 is 2.17 bits per heavy atom. The van der Waals surface area contributed by atoms with Crippen molar-refractivity contribution in [2.24, 2.45) is 0 Å². The Balaban J connectivity index is 2.16. The van der Waals surface area contributed by atoms with Crippen LogP contribution in [0.4, 0.5) is 4.39 Å². The Bertz CT molecular complexity index is 466. The predicted octanol–water partition coefficient (Wildman–Crippen LogP) is 2.21. The summed E-state index contributed by atoms with van der Waals surface area (Å²) in [6.07, 6.45) is 0. The lowest BCUT2D eigenvalue weighted by molar-refractivity contribution is 0.0571. The van der Waals surface area contributed by atoms with Crippen molar-refractivity contribution in [2.75, 3.05) is 26.7 Å². The van der Waals surface area contributed by atoms with Crippen molar-refractivity contribution in [3.63, 3.8) is 0 Å². The fraction of sp³-hybridized carbons (Fsp3) is 0.462. The highest BCUT2D eigenvalue weighted by Gasteiger charge is 2.26. The standard InChI is InChI=1S/C13H16FIN2O/c1-9-8-17(6-5-16(9)2)13(18)11-4-3-10(14)7-12(11)15/h3-4,7,9H,5-6,8H2,1-2H3. The van der Waals surface area contributed by atoms with Gasteiger partial charge >= 0.3 is 0 Å². The monoisotopic (exact) mass is 362 g/mol. The lowest BCUT2D eigenvalue weighted by Crippen LogP contribution is -2.52. The molecular weight excluding hydrogens is 346 g/mol. The largest absolute Gasteiger partial charge is 0.336 e. The van der Waals surface area contributed by atoms with Crippen molar-refractivity contribution in [2.45, 2.75) is 13.0 Å². The van der Waals surface area contributed by atoms with Gasteiger partial charge in [0.15, 0.2) is 0 Å². The number of likely N-dealkylation sites (N-methyl/N-ethyl adjacent to an activating group) is 1. The Hall–Kier alpha value is -0.690. The molecule has 0 N–H and O–H groups in total. The number of amides is 1. The molecule has 1 saturated heterocycles. The number of hydrogen-bond acceptors (Lipinski definition) is 2. The van der Waals surface area contributed by atoms with E-state index < -0.39 is 0 Å². The summed E-state index contributed by atoms with van der Waals surface area (Å²) >= 11 is 2.01. The molecule has 1 fully saturated rings. The second-order valence-electron chi connectivity index (χ2n) is 4.70. The van der Waals surface area contributed by atoms with Crippen LogP contribution in [0.25, 0.3) is 0 Å². The van der Waals surface area contributed by atoms with E-state index >= 15 is 0 Å². The van der Waals surface area contributed by atoms with Gasteiger partial charge in [-0.15, -0.1) is 0 Å². The number of carbonyl (C=O) groups excluding carboxylic acids is 1. The summed E-state index contributed by atoms with van der Waals surface area (Å²) in [4.78, 5) is 16.4. The van der Waals surface area contributed by atoms with E-state index in [-0.39, 0.29) is 11.7 Å². The molecule has 0 saturated carbocycles. The zero-order chi connectivity index (χ0) is 13.3. The van der Waals surface area contributed by atoms with E-state index in [1.165, 1.54) is 12.1 Å². The van der Waals surface area contributed by atoms with Gasteiger partial charge in [-0.3, -0.25) is 4.79 Å². The van der Waals surface area contributed by atoms with Crippen LogP contribution in [0.3, 0.4) is 0 Å². The maximum Gasteiger partial charge on any atom is 0.255 e. The zero-order valence-corrected chi connectivity index (χ0v) is 12.6. The van der Waals surface area contributed by atoms with E-state index in [2.05, 4.69) is 18.9 Å². The molecule has 5 heteroatoms. The van der Waals surface area contributed by atoms with Gasteiger partial charge in [0.05, 0.1) is 5.56 Å². The van der Waals surface area contributed by atoms with Gasteiger partial charge in [-0.05, 0) is 54.8 Å². The zero-order valence-electron chi connectivity index (χ0n) is 10.5. The van der Waals surface area contributed by atoms with Crippen LogP contribution in [0.1, 0.15) is 17.3 Å². The lowest BCUT2D eigenvalue weighted by atomic mass is 10.1. The van der Waals surface area contributed by atoms with Crippen LogP contribution in [0.5, 0.6) is 0 Å². The van der Waals surface area contributed by atoms with E-state index in [1.54, 1.807) is 6.07 Å². The molecule has 2 rings (SSSR count). The molecule has 0 spiro atoms. The first-order valence-electron chi connectivity index (χ1n) is 5.93. The van der Waals surface area contributed by atoms with Crippen molar-refractivity contribution < 1.29 is 9.18 Å². The van der Waals surface area contributed by atoms with Crippen LogP contribution >= 0.6 is 22.6 Å². The minimum Gasteiger partial charge on any atom is -0.336 e. The molecule has 1 amide bonds. The van der Waals surface area contributed by atoms with Crippen molar-refractivity contribution in [3.05, 3.63) is 33.1 Å². The highest BCUT2D eigenvalue weighted by atomic mass is 127. The van der Waals surface area contributed by atoms with Crippen LogP contribution in [0.15, 0.2) is 18.2 Å². The summed E-state index contributed by atoms with van der Waals surface area (Å²) < 4.78 is 13.7. The Morgan fingerprint density at radius 1 is 1.44 bits per heavy atom. The number of halogens is 2. The SMILES string of the molecule is CC1CN(C(=O)c2ccc(F)cc2I)CCN1C. The van der Waals surface area contributed by atoms with E-state index in [4.69, 9.17) is 0 Å². The smallest absolute Gasteiger partial charge is 0.255 e. The van der Waals surface area contributed by atoms with Crippen molar-refractivity contribution in [3.8, 4) is 0 Å². The fourth-order valence-electron chi connectivity index (χ4n) is 2.07. The average Bonchev–Trinajstić information content (AvgIpc) is 2.32. The van der Waals surface area contributed by atoms with Gasteiger partial charge in [-0.1, -0.05) is 0 Å². The van der Waals surface area contributed by atoms with Gasteiger partial charge in [0.2, 0.25) is 0 Å². The number of benzene rings is 1. The first kappa shape index (κ1) is 13.7. The number of hydrogen-bond donors (Lipinski definition) is 0. The molecule has 1 heterocycles. The molecular formula is C13H16FIN2O. The molecule has 18 heavy (non-hydrogen) atoms. The summed E-state index contributed by atoms with van der Waals surface area (Å²) in [6.45, 7) is 4.44. The normalized spacial score (nSPS) is 21.1. The second-order valence-corrected chi connectivity index (χ2v) is 5.87. The van der Waals surface area contributed by atoms with Crippen LogP contribution in [-0.2, 0) is 0 Å². The van der Waals surface area contributed by atoms with Gasteiger partial charge in [0.1, 0.15) is 5.82 Å². The molecule has 0 radical (unpaired) electrons. The van der Waals surface area contributed by atoms with Crippen LogP contribution in [0.2, 0.25) is 0 Å². The number of carbonyl (C=O) groups is 1. The van der Waals surface area contributed by atoms with Gasteiger partial charge in [-0.25, -0.2) is 4.39 Å². The van der Waals surface area contributed by atoms with Crippen molar-refractivity contribution >= 4 is 28.5 Å².